The van der Waals surface area contributed by atoms with Crippen LogP contribution in [0.1, 0.15) is 61.3 Å². The van der Waals surface area contributed by atoms with Crippen LogP contribution in [0.2, 0.25) is 0 Å². The first kappa shape index (κ1) is 33.1. The Kier molecular flexibility index (Phi) is 7.80. The topological polar surface area (TPSA) is 129 Å². The maximum Gasteiger partial charge on any atom is 0.422 e. The Morgan fingerprint density at radius 2 is 1.69 bits per heavy atom. The lowest BCUT2D eigenvalue weighted by molar-refractivity contribution is 0.000919. The molecule has 2 bridgehead atoms. The lowest BCUT2D eigenvalue weighted by Gasteiger charge is -2.48. The lowest BCUT2D eigenvalue weighted by Crippen LogP contribution is -2.65. The summed E-state index contributed by atoms with van der Waals surface area (Å²) in [5.41, 5.74) is -2.73. The Balaban J connectivity index is 1.45. The molecule has 1 aromatic carbocycles. The fraction of sp³-hybridized carbons (Fsp3) is 0.486. The van der Waals surface area contributed by atoms with Crippen molar-refractivity contribution >= 4 is 51.4 Å². The first-order valence-corrected chi connectivity index (χ1v) is 17.6. The molecule has 4 aromatic rings. The number of carbonyl (C=O) groups excluding carboxylic acids is 2. The molecule has 6 heterocycles. The van der Waals surface area contributed by atoms with E-state index in [0.29, 0.717) is 28.3 Å². The first-order chi connectivity index (χ1) is 23.1. The van der Waals surface area contributed by atoms with Gasteiger partial charge in [0.05, 0.1) is 23.8 Å². The number of nitrogens with zero attached hydrogens (tertiary/aromatic N) is 6. The van der Waals surface area contributed by atoms with Crippen molar-refractivity contribution in [1.82, 2.24) is 24.4 Å². The summed E-state index contributed by atoms with van der Waals surface area (Å²) < 4.78 is 36.1. The summed E-state index contributed by atoms with van der Waals surface area (Å²) in [4.78, 5) is 58.8. The molecule has 3 aromatic heterocycles. The van der Waals surface area contributed by atoms with E-state index in [2.05, 4.69) is 9.88 Å². The van der Waals surface area contributed by atoms with Gasteiger partial charge in [-0.3, -0.25) is 9.69 Å². The Hall–Kier alpha value is -4.46. The molecule has 1 amide bonds. The van der Waals surface area contributed by atoms with E-state index < -0.39 is 34.8 Å². The Bertz CT molecular complexity index is 2090. The normalized spacial score (nSPS) is 21.7. The molecular formula is C35H39FN6O6S. The summed E-state index contributed by atoms with van der Waals surface area (Å²) in [6.45, 7) is 12.9. The van der Waals surface area contributed by atoms with E-state index in [-0.39, 0.29) is 52.4 Å². The van der Waals surface area contributed by atoms with Gasteiger partial charge < -0.3 is 19.1 Å². The van der Waals surface area contributed by atoms with Crippen LogP contribution in [-0.4, -0.2) is 84.8 Å². The molecule has 12 nitrogen and oxygen atoms in total. The van der Waals surface area contributed by atoms with Crippen molar-refractivity contribution < 1.29 is 28.2 Å². The van der Waals surface area contributed by atoms with Gasteiger partial charge in [0.2, 0.25) is 5.88 Å². The van der Waals surface area contributed by atoms with Crippen LogP contribution in [0.25, 0.3) is 33.1 Å². The van der Waals surface area contributed by atoms with Crippen molar-refractivity contribution in [2.24, 2.45) is 0 Å². The number of benzene rings is 1. The first-order valence-electron chi connectivity index (χ1n) is 16.3. The van der Waals surface area contributed by atoms with Crippen molar-refractivity contribution in [3.05, 3.63) is 46.5 Å². The SMILES string of the molecule is CSc1nc2c3c(nc(-c4c5ccccc5cc(=O)n4C(=O)OC(C)(C)C)c(F)c3n1)O[C@@H](C)[C@@H]1[C@@H]3CC[C@H](CN21)N3C(=O)OC(C)(C)C. The summed E-state index contributed by atoms with van der Waals surface area (Å²) in [5.74, 6) is -0.317. The third-order valence-electron chi connectivity index (χ3n) is 9.00. The van der Waals surface area contributed by atoms with E-state index in [0.717, 1.165) is 17.4 Å². The second-order valence-electron chi connectivity index (χ2n) is 14.7. The van der Waals surface area contributed by atoms with Crippen LogP contribution in [0.4, 0.5) is 19.8 Å². The van der Waals surface area contributed by atoms with Crippen molar-refractivity contribution in [3.8, 4) is 17.3 Å². The van der Waals surface area contributed by atoms with E-state index in [1.165, 1.54) is 17.8 Å². The molecule has 7 rings (SSSR count). The van der Waals surface area contributed by atoms with Gasteiger partial charge >= 0.3 is 12.2 Å². The average molecular weight is 691 g/mol. The molecule has 3 aliphatic rings. The van der Waals surface area contributed by atoms with E-state index in [1.54, 1.807) is 51.3 Å². The molecule has 0 saturated carbocycles. The highest BCUT2D eigenvalue weighted by atomic mass is 32.2. The summed E-state index contributed by atoms with van der Waals surface area (Å²) in [7, 11) is 0. The zero-order valence-corrected chi connectivity index (χ0v) is 29.6. The number of hydrogen-bond acceptors (Lipinski definition) is 11. The van der Waals surface area contributed by atoms with Gasteiger partial charge in [0, 0.05) is 18.0 Å². The Labute approximate surface area is 286 Å². The smallest absolute Gasteiger partial charge is 0.422 e. The van der Waals surface area contributed by atoms with Crippen molar-refractivity contribution in [2.75, 3.05) is 17.7 Å². The number of thioether (sulfide) groups is 1. The zero-order valence-electron chi connectivity index (χ0n) is 28.7. The van der Waals surface area contributed by atoms with Crippen molar-refractivity contribution in [2.45, 2.75) is 102 Å². The number of hydrogen-bond donors (Lipinski definition) is 0. The molecule has 3 aliphatic heterocycles. The molecular weight excluding hydrogens is 651 g/mol. The number of carbonyl (C=O) groups is 2. The quantitative estimate of drug-likeness (QED) is 0.171. The number of pyridine rings is 2. The van der Waals surface area contributed by atoms with Crippen LogP contribution >= 0.6 is 11.8 Å². The van der Waals surface area contributed by atoms with Gasteiger partial charge in [0.25, 0.3) is 5.56 Å². The van der Waals surface area contributed by atoms with Gasteiger partial charge in [-0.25, -0.2) is 33.5 Å². The van der Waals surface area contributed by atoms with Crippen LogP contribution in [0.3, 0.4) is 0 Å². The molecule has 0 N–H and O–H groups in total. The molecule has 2 fully saturated rings. The monoisotopic (exact) mass is 690 g/mol. The molecule has 14 heteroatoms. The van der Waals surface area contributed by atoms with Gasteiger partial charge in [0.1, 0.15) is 39.7 Å². The van der Waals surface area contributed by atoms with Crippen LogP contribution < -0.4 is 15.2 Å². The lowest BCUT2D eigenvalue weighted by atomic mass is 9.98. The Morgan fingerprint density at radius 3 is 2.39 bits per heavy atom. The van der Waals surface area contributed by atoms with Crippen LogP contribution in [0.15, 0.2) is 40.3 Å². The van der Waals surface area contributed by atoms with Gasteiger partial charge in [-0.1, -0.05) is 36.0 Å². The number of fused-ring (bicyclic) bond motifs is 6. The maximum atomic E-state index is 17.2. The molecule has 0 spiro atoms. The highest BCUT2D eigenvalue weighted by molar-refractivity contribution is 7.98. The molecule has 0 aliphatic carbocycles. The number of anilines is 1. The minimum absolute atomic E-state index is 0.0553. The van der Waals surface area contributed by atoms with Crippen molar-refractivity contribution in [3.63, 3.8) is 0 Å². The predicted octanol–water partition coefficient (Wildman–Crippen LogP) is 6.39. The molecule has 49 heavy (non-hydrogen) atoms. The molecule has 4 atom stereocenters. The van der Waals surface area contributed by atoms with E-state index in [1.807, 2.05) is 32.6 Å². The minimum Gasteiger partial charge on any atom is -0.472 e. The van der Waals surface area contributed by atoms with E-state index >= 15 is 4.39 Å². The van der Waals surface area contributed by atoms with Crippen LogP contribution in [-0.2, 0) is 9.47 Å². The summed E-state index contributed by atoms with van der Waals surface area (Å²) >= 11 is 1.26. The average Bonchev–Trinajstić information content (AvgIpc) is 3.26. The predicted molar refractivity (Wildman–Crippen MR) is 184 cm³/mol. The number of aromatic nitrogens is 4. The van der Waals surface area contributed by atoms with Gasteiger partial charge in [0.15, 0.2) is 11.0 Å². The molecule has 0 radical (unpaired) electrons. The molecule has 258 valence electrons. The minimum atomic E-state index is -0.969. The van der Waals surface area contributed by atoms with Gasteiger partial charge in [-0.15, -0.1) is 0 Å². The second kappa shape index (κ2) is 11.6. The largest absolute Gasteiger partial charge is 0.472 e. The van der Waals surface area contributed by atoms with E-state index in [4.69, 9.17) is 24.2 Å². The summed E-state index contributed by atoms with van der Waals surface area (Å²) in [5, 5.41) is 1.51. The zero-order chi connectivity index (χ0) is 35.2. The second-order valence-corrected chi connectivity index (χ2v) is 15.5. The van der Waals surface area contributed by atoms with Crippen molar-refractivity contribution in [1.29, 1.82) is 0 Å². The highest BCUT2D eigenvalue weighted by Crippen LogP contribution is 2.47. The number of ether oxygens (including phenoxy) is 3. The van der Waals surface area contributed by atoms with Crippen LogP contribution in [0, 0.1) is 5.82 Å². The van der Waals surface area contributed by atoms with E-state index in [9.17, 15) is 14.4 Å². The summed E-state index contributed by atoms with van der Waals surface area (Å²) in [6, 6.07) is 7.42. The fourth-order valence-electron chi connectivity index (χ4n) is 7.26. The summed E-state index contributed by atoms with van der Waals surface area (Å²) in [6.07, 6.45) is 1.41. The fourth-order valence-corrected chi connectivity index (χ4v) is 7.62. The maximum absolute atomic E-state index is 17.2. The number of rotatable bonds is 2. The molecule has 2 saturated heterocycles. The van der Waals surface area contributed by atoms with Gasteiger partial charge in [-0.2, -0.15) is 0 Å². The third-order valence-corrected chi connectivity index (χ3v) is 9.54. The Morgan fingerprint density at radius 1 is 1.00 bits per heavy atom. The number of amides is 1. The number of piperazine rings is 1. The highest BCUT2D eigenvalue weighted by Gasteiger charge is 2.54. The standard InChI is InChI=1S/C35H39FN6O6S/c1-17-27-21-14-13-19(41(21)32(44)47-34(2,3)4)16-40(27)29-23-25(38-31(39-29)49-8)24(36)26(37-30(23)46-17)28-20-12-10-9-11-18(20)15-22(43)42(28)33(45)48-35(5,6)7/h9-12,15,17,19,21,27H,13-14,16H2,1-8H3/t17-,19+,21-,27+/m0/s1. The number of halogens is 1. The van der Waals surface area contributed by atoms with Gasteiger partial charge in [-0.05, 0) is 72.9 Å². The van der Waals surface area contributed by atoms with Crippen LogP contribution in [0.5, 0.6) is 5.88 Å². The third kappa shape index (κ3) is 5.63. The molecule has 0 unspecified atom stereocenters.